The molecule has 0 aliphatic rings. The summed E-state index contributed by atoms with van der Waals surface area (Å²) >= 11 is 3.54. The summed E-state index contributed by atoms with van der Waals surface area (Å²) in [4.78, 5) is 0. The van der Waals surface area contributed by atoms with Crippen LogP contribution in [0.4, 0.5) is 0 Å². The minimum Gasteiger partial charge on any atom is -0.316 e. The van der Waals surface area contributed by atoms with E-state index < -0.39 is 0 Å². The second-order valence-corrected chi connectivity index (χ2v) is 5.09. The average Bonchev–Trinajstić information content (AvgIpc) is 2.67. The van der Waals surface area contributed by atoms with Crippen LogP contribution in [0.5, 0.6) is 0 Å². The normalized spacial score (nSPS) is 10.9. The van der Waals surface area contributed by atoms with Gasteiger partial charge in [0.1, 0.15) is 0 Å². The van der Waals surface area contributed by atoms with Crippen LogP contribution in [0.3, 0.4) is 0 Å². The minimum atomic E-state index is 1.11. The number of aromatic nitrogens is 1. The predicted octanol–water partition coefficient (Wildman–Crippen LogP) is 4.70. The first-order valence-electron chi connectivity index (χ1n) is 5.58. The summed E-state index contributed by atoms with van der Waals surface area (Å²) < 4.78 is 3.34. The summed E-state index contributed by atoms with van der Waals surface area (Å²) in [6.45, 7) is 2.15. The van der Waals surface area contributed by atoms with E-state index in [0.29, 0.717) is 0 Å². The number of hydrogen-bond donors (Lipinski definition) is 0. The third kappa shape index (κ3) is 1.79. The molecular weight excluding hydrogens is 274 g/mol. The first-order valence-corrected chi connectivity index (χ1v) is 6.37. The van der Waals surface area contributed by atoms with Gasteiger partial charge in [-0.05, 0) is 36.8 Å². The second-order valence-electron chi connectivity index (χ2n) is 4.18. The SMILES string of the molecule is Cc1cn(-c2ccccc2)c2cc(Br)ccc12. The fraction of sp³-hybridized carbons (Fsp3) is 0.0667. The third-order valence-corrected chi connectivity index (χ3v) is 3.49. The second kappa shape index (κ2) is 4.04. The molecule has 0 bridgehead atoms. The number of para-hydroxylation sites is 1. The highest BCUT2D eigenvalue weighted by molar-refractivity contribution is 9.10. The van der Waals surface area contributed by atoms with Crippen molar-refractivity contribution in [3.63, 3.8) is 0 Å². The van der Waals surface area contributed by atoms with E-state index >= 15 is 0 Å². The molecule has 0 amide bonds. The fourth-order valence-electron chi connectivity index (χ4n) is 2.17. The van der Waals surface area contributed by atoms with E-state index in [2.05, 4.69) is 76.1 Å². The molecule has 0 atom stereocenters. The molecule has 3 aromatic rings. The molecule has 0 aliphatic heterocycles. The van der Waals surface area contributed by atoms with Crippen LogP contribution < -0.4 is 0 Å². The van der Waals surface area contributed by atoms with Crippen LogP contribution in [0, 0.1) is 6.92 Å². The summed E-state index contributed by atoms with van der Waals surface area (Å²) in [6, 6.07) is 16.8. The molecule has 0 aliphatic carbocycles. The van der Waals surface area contributed by atoms with Gasteiger partial charge in [-0.1, -0.05) is 40.2 Å². The van der Waals surface area contributed by atoms with E-state index in [4.69, 9.17) is 0 Å². The number of halogens is 1. The molecule has 17 heavy (non-hydrogen) atoms. The number of benzene rings is 2. The van der Waals surface area contributed by atoms with Crippen molar-refractivity contribution in [1.29, 1.82) is 0 Å². The zero-order valence-corrected chi connectivity index (χ0v) is 11.1. The molecule has 3 rings (SSSR count). The minimum absolute atomic E-state index is 1.11. The monoisotopic (exact) mass is 285 g/mol. The van der Waals surface area contributed by atoms with Crippen LogP contribution in [0.15, 0.2) is 59.2 Å². The van der Waals surface area contributed by atoms with E-state index in [-0.39, 0.29) is 0 Å². The lowest BCUT2D eigenvalue weighted by Gasteiger charge is -2.04. The number of aryl methyl sites for hydroxylation is 1. The molecule has 0 radical (unpaired) electrons. The van der Waals surface area contributed by atoms with Crippen LogP contribution in [-0.4, -0.2) is 4.57 Å². The molecule has 0 spiro atoms. The van der Waals surface area contributed by atoms with Gasteiger partial charge in [0, 0.05) is 21.7 Å². The molecule has 2 heteroatoms. The lowest BCUT2D eigenvalue weighted by atomic mass is 10.2. The Bertz CT molecular complexity index is 668. The fourth-order valence-corrected chi connectivity index (χ4v) is 2.52. The van der Waals surface area contributed by atoms with Crippen molar-refractivity contribution in [2.24, 2.45) is 0 Å². The van der Waals surface area contributed by atoms with Gasteiger partial charge in [-0.3, -0.25) is 0 Å². The Balaban J connectivity index is 2.34. The van der Waals surface area contributed by atoms with Crippen LogP contribution >= 0.6 is 15.9 Å². The maximum Gasteiger partial charge on any atom is 0.0542 e. The van der Waals surface area contributed by atoms with E-state index in [1.54, 1.807) is 0 Å². The Labute approximate surface area is 109 Å². The van der Waals surface area contributed by atoms with Crippen LogP contribution in [-0.2, 0) is 0 Å². The van der Waals surface area contributed by atoms with Gasteiger partial charge in [0.25, 0.3) is 0 Å². The zero-order chi connectivity index (χ0) is 11.8. The van der Waals surface area contributed by atoms with Gasteiger partial charge in [-0.25, -0.2) is 0 Å². The van der Waals surface area contributed by atoms with Crippen molar-refractivity contribution in [2.45, 2.75) is 6.92 Å². The molecule has 1 heterocycles. The molecule has 0 unspecified atom stereocenters. The molecule has 0 saturated heterocycles. The van der Waals surface area contributed by atoms with E-state index in [0.717, 1.165) is 4.47 Å². The number of nitrogens with zero attached hydrogens (tertiary/aromatic N) is 1. The Morgan fingerprint density at radius 3 is 2.53 bits per heavy atom. The number of hydrogen-bond acceptors (Lipinski definition) is 0. The number of rotatable bonds is 1. The van der Waals surface area contributed by atoms with Gasteiger partial charge in [0.15, 0.2) is 0 Å². The molecule has 0 saturated carbocycles. The van der Waals surface area contributed by atoms with Gasteiger partial charge in [0.05, 0.1) is 5.52 Å². The predicted molar refractivity (Wildman–Crippen MR) is 75.7 cm³/mol. The first-order chi connectivity index (χ1) is 8.25. The van der Waals surface area contributed by atoms with Crippen LogP contribution in [0.25, 0.3) is 16.6 Å². The Hall–Kier alpha value is -1.54. The summed E-state index contributed by atoms with van der Waals surface area (Å²) in [5, 5.41) is 1.30. The quantitative estimate of drug-likeness (QED) is 0.611. The average molecular weight is 286 g/mol. The highest BCUT2D eigenvalue weighted by Crippen LogP contribution is 2.27. The standard InChI is InChI=1S/C15H12BrN/c1-11-10-17(13-5-3-2-4-6-13)15-9-12(16)7-8-14(11)15/h2-10H,1H3. The highest BCUT2D eigenvalue weighted by atomic mass is 79.9. The van der Waals surface area contributed by atoms with Gasteiger partial charge in [-0.15, -0.1) is 0 Å². The molecule has 0 fully saturated rings. The van der Waals surface area contributed by atoms with Crippen molar-refractivity contribution < 1.29 is 0 Å². The van der Waals surface area contributed by atoms with Crippen molar-refractivity contribution in [1.82, 2.24) is 4.57 Å². The molecular formula is C15H12BrN. The van der Waals surface area contributed by atoms with Crippen molar-refractivity contribution in [2.75, 3.05) is 0 Å². The van der Waals surface area contributed by atoms with Crippen LogP contribution in [0.2, 0.25) is 0 Å². The maximum absolute atomic E-state index is 3.54. The summed E-state index contributed by atoms with van der Waals surface area (Å²) in [7, 11) is 0. The Kier molecular flexibility index (Phi) is 2.52. The topological polar surface area (TPSA) is 4.93 Å². The molecule has 84 valence electrons. The first kappa shape index (κ1) is 10.6. The molecule has 0 N–H and O–H groups in total. The van der Waals surface area contributed by atoms with E-state index in [1.165, 1.54) is 22.2 Å². The zero-order valence-electron chi connectivity index (χ0n) is 9.52. The van der Waals surface area contributed by atoms with E-state index in [1.807, 2.05) is 6.07 Å². The summed E-state index contributed by atoms with van der Waals surface area (Å²) in [5.41, 5.74) is 3.74. The summed E-state index contributed by atoms with van der Waals surface area (Å²) in [5.74, 6) is 0. The van der Waals surface area contributed by atoms with E-state index in [9.17, 15) is 0 Å². The Morgan fingerprint density at radius 1 is 1.00 bits per heavy atom. The van der Waals surface area contributed by atoms with Gasteiger partial charge in [-0.2, -0.15) is 0 Å². The third-order valence-electron chi connectivity index (χ3n) is 3.00. The largest absolute Gasteiger partial charge is 0.316 e. The lowest BCUT2D eigenvalue weighted by Crippen LogP contribution is -1.90. The molecule has 1 nitrogen and oxygen atoms in total. The molecule has 2 aromatic carbocycles. The lowest BCUT2D eigenvalue weighted by molar-refractivity contribution is 1.12. The van der Waals surface area contributed by atoms with Crippen molar-refractivity contribution in [3.8, 4) is 5.69 Å². The number of fused-ring (bicyclic) bond motifs is 1. The van der Waals surface area contributed by atoms with Gasteiger partial charge in [0.2, 0.25) is 0 Å². The molecule has 1 aromatic heterocycles. The Morgan fingerprint density at radius 2 is 1.76 bits per heavy atom. The highest BCUT2D eigenvalue weighted by Gasteiger charge is 2.06. The smallest absolute Gasteiger partial charge is 0.0542 e. The summed E-state index contributed by atoms with van der Waals surface area (Å²) in [6.07, 6.45) is 2.19. The van der Waals surface area contributed by atoms with Crippen molar-refractivity contribution >= 4 is 26.8 Å². The van der Waals surface area contributed by atoms with Gasteiger partial charge < -0.3 is 4.57 Å². The van der Waals surface area contributed by atoms with Crippen molar-refractivity contribution in [3.05, 3.63) is 64.8 Å². The maximum atomic E-state index is 3.54. The van der Waals surface area contributed by atoms with Gasteiger partial charge >= 0.3 is 0 Å². The van der Waals surface area contributed by atoms with Crippen LogP contribution in [0.1, 0.15) is 5.56 Å².